The van der Waals surface area contributed by atoms with Crippen LogP contribution in [0.5, 0.6) is 0 Å². The number of amides is 1. The third-order valence-corrected chi connectivity index (χ3v) is 15.0. The fourth-order valence-corrected chi connectivity index (χ4v) is 9.73. The minimum absolute atomic E-state index is 0.259. The van der Waals surface area contributed by atoms with Crippen molar-refractivity contribution in [2.45, 2.75) is 280 Å². The fourth-order valence-electron chi connectivity index (χ4n) is 9.73. The van der Waals surface area contributed by atoms with Gasteiger partial charge in [0, 0.05) is 6.42 Å². The fraction of sp³-hybridized carbons (Fsp3) is 0.653. The maximum atomic E-state index is 13.2. The normalized spacial score (nSPS) is 24.4. The lowest BCUT2D eigenvalue weighted by molar-refractivity contribution is -0.359. The second-order valence-electron chi connectivity index (χ2n) is 22.5. The van der Waals surface area contributed by atoms with Crippen molar-refractivity contribution in [2.75, 3.05) is 19.8 Å². The van der Waals surface area contributed by atoms with Crippen LogP contribution in [0, 0.1) is 0 Å². The largest absolute Gasteiger partial charge is 0.394 e. The Labute approximate surface area is 519 Å². The first-order valence-corrected chi connectivity index (χ1v) is 33.1. The van der Waals surface area contributed by atoms with Crippen molar-refractivity contribution in [3.8, 4) is 0 Å². The van der Waals surface area contributed by atoms with Crippen LogP contribution in [0.2, 0.25) is 0 Å². The van der Waals surface area contributed by atoms with Crippen molar-refractivity contribution in [1.29, 1.82) is 0 Å². The smallest absolute Gasteiger partial charge is 0.220 e. The third kappa shape index (κ3) is 39.0. The van der Waals surface area contributed by atoms with E-state index in [4.69, 9.17) is 18.9 Å². The molecule has 0 aromatic rings. The number of hydrogen-bond acceptors (Lipinski definition) is 13. The van der Waals surface area contributed by atoms with Gasteiger partial charge in [-0.1, -0.05) is 237 Å². The average Bonchev–Trinajstić information content (AvgIpc) is 1.60. The van der Waals surface area contributed by atoms with Crippen LogP contribution < -0.4 is 5.32 Å². The van der Waals surface area contributed by atoms with Crippen LogP contribution in [-0.4, -0.2) is 140 Å². The Morgan fingerprint density at radius 1 is 0.430 bits per heavy atom. The lowest BCUT2D eigenvalue weighted by Crippen LogP contribution is -2.65. The molecule has 0 aromatic heterocycles. The highest BCUT2D eigenvalue weighted by atomic mass is 16.7. The Balaban J connectivity index is 1.58. The molecule has 2 saturated heterocycles. The first kappa shape index (κ1) is 78.0. The molecule has 12 unspecified atom stereocenters. The van der Waals surface area contributed by atoms with Crippen molar-refractivity contribution in [1.82, 2.24) is 5.32 Å². The second-order valence-corrected chi connectivity index (χ2v) is 22.5. The Bertz CT molecular complexity index is 2000. The number of aliphatic hydroxyl groups excluding tert-OH is 8. The highest BCUT2D eigenvalue weighted by Gasteiger charge is 2.51. The predicted octanol–water partition coefficient (Wildman–Crippen LogP) is 12.9. The molecule has 1 amide bonds. The Hall–Kier alpha value is -4.13. The molecule has 9 N–H and O–H groups in total. The summed E-state index contributed by atoms with van der Waals surface area (Å²) in [6, 6.07) is -0.946. The number of ether oxygens (including phenoxy) is 4. The van der Waals surface area contributed by atoms with Gasteiger partial charge in [-0.25, -0.2) is 0 Å². The lowest BCUT2D eigenvalue weighted by Gasteiger charge is -2.46. The van der Waals surface area contributed by atoms with Gasteiger partial charge in [-0.3, -0.25) is 4.79 Å². The molecule has 2 heterocycles. The number of carbonyl (C=O) groups is 1. The maximum absolute atomic E-state index is 13.2. The summed E-state index contributed by atoms with van der Waals surface area (Å²) in [6.45, 7) is 2.55. The Morgan fingerprint density at radius 2 is 0.814 bits per heavy atom. The monoisotopic (exact) mass is 1200 g/mol. The van der Waals surface area contributed by atoms with E-state index in [1.165, 1.54) is 57.8 Å². The van der Waals surface area contributed by atoms with Crippen LogP contribution in [0.25, 0.3) is 0 Å². The summed E-state index contributed by atoms with van der Waals surface area (Å²) in [5.41, 5.74) is 0. The molecule has 0 radical (unpaired) electrons. The molecule has 0 aromatic carbocycles. The minimum Gasteiger partial charge on any atom is -0.394 e. The number of aliphatic hydroxyl groups is 8. The summed E-state index contributed by atoms with van der Waals surface area (Å²) in [5.74, 6) is -0.263. The Morgan fingerprint density at radius 3 is 1.27 bits per heavy atom. The molecule has 2 fully saturated rings. The molecule has 2 rings (SSSR count). The minimum atomic E-state index is -1.80. The summed E-state index contributed by atoms with van der Waals surface area (Å²) in [7, 11) is 0. The summed E-state index contributed by atoms with van der Waals surface area (Å²) < 4.78 is 22.7. The average molecular weight is 1200 g/mol. The molecule has 488 valence electrons. The zero-order valence-corrected chi connectivity index (χ0v) is 52.7. The van der Waals surface area contributed by atoms with Gasteiger partial charge in [-0.2, -0.15) is 0 Å². The van der Waals surface area contributed by atoms with Gasteiger partial charge in [-0.15, -0.1) is 0 Å². The molecular formula is C72H117NO13. The Kier molecular flexibility index (Phi) is 49.8. The third-order valence-electron chi connectivity index (χ3n) is 15.0. The molecule has 14 nitrogen and oxygen atoms in total. The maximum Gasteiger partial charge on any atom is 0.220 e. The van der Waals surface area contributed by atoms with Gasteiger partial charge in [0.15, 0.2) is 12.6 Å². The predicted molar refractivity (Wildman–Crippen MR) is 350 cm³/mol. The van der Waals surface area contributed by atoms with E-state index in [9.17, 15) is 45.6 Å². The van der Waals surface area contributed by atoms with Gasteiger partial charge in [-0.05, 0) is 109 Å². The first-order valence-electron chi connectivity index (χ1n) is 33.1. The van der Waals surface area contributed by atoms with E-state index >= 15 is 0 Å². The van der Waals surface area contributed by atoms with Crippen LogP contribution in [0.15, 0.2) is 146 Å². The number of unbranched alkanes of at least 4 members (excludes halogenated alkanes) is 16. The zero-order chi connectivity index (χ0) is 62.3. The molecule has 2 aliphatic rings. The van der Waals surface area contributed by atoms with Crippen LogP contribution in [-0.2, 0) is 23.7 Å². The topological polar surface area (TPSA) is 228 Å². The van der Waals surface area contributed by atoms with Gasteiger partial charge < -0.3 is 65.1 Å². The van der Waals surface area contributed by atoms with Gasteiger partial charge >= 0.3 is 0 Å². The van der Waals surface area contributed by atoms with Crippen molar-refractivity contribution in [2.24, 2.45) is 0 Å². The molecule has 86 heavy (non-hydrogen) atoms. The molecule has 12 atom stereocenters. The molecule has 0 aliphatic carbocycles. The van der Waals surface area contributed by atoms with E-state index in [1.54, 1.807) is 6.08 Å². The van der Waals surface area contributed by atoms with Crippen molar-refractivity contribution < 1.29 is 64.6 Å². The van der Waals surface area contributed by atoms with Crippen molar-refractivity contribution in [3.05, 3.63) is 146 Å². The first-order chi connectivity index (χ1) is 42.1. The van der Waals surface area contributed by atoms with E-state index in [0.717, 1.165) is 116 Å². The van der Waals surface area contributed by atoms with Gasteiger partial charge in [0.05, 0.1) is 32.0 Å². The molecule has 2 aliphatic heterocycles. The molecule has 0 saturated carbocycles. The highest BCUT2D eigenvalue weighted by molar-refractivity contribution is 5.76. The summed E-state index contributed by atoms with van der Waals surface area (Å²) in [6.07, 6.45) is 66.4. The quantitative estimate of drug-likeness (QED) is 0.0204. The SMILES string of the molecule is CC/C=C\C/C=C\C/C=C\C/C=C\C/C=C\C/C=C\C/C=C\C/C=C\C/C=C\CCCCCCCCCCCCCCCC(=O)NC(COC1OC(CO)C(OC2OC(CO)C(O)C(O)C2O)C(O)C1O)C(O)/C=C/CC/C=C/CC/C=C/CCC. The molecule has 0 bridgehead atoms. The highest BCUT2D eigenvalue weighted by Crippen LogP contribution is 2.30. The summed E-state index contributed by atoms with van der Waals surface area (Å²) >= 11 is 0. The van der Waals surface area contributed by atoms with Gasteiger partial charge in [0.25, 0.3) is 0 Å². The van der Waals surface area contributed by atoms with E-state index < -0.39 is 86.8 Å². The summed E-state index contributed by atoms with van der Waals surface area (Å²) in [4.78, 5) is 13.2. The van der Waals surface area contributed by atoms with E-state index in [2.05, 4.69) is 153 Å². The number of hydrogen-bond donors (Lipinski definition) is 9. The van der Waals surface area contributed by atoms with Crippen LogP contribution in [0.3, 0.4) is 0 Å². The van der Waals surface area contributed by atoms with Crippen molar-refractivity contribution in [3.63, 3.8) is 0 Å². The van der Waals surface area contributed by atoms with Crippen LogP contribution in [0.4, 0.5) is 0 Å². The standard InChI is InChI=1S/C72H117NO13/c1-3-5-7-9-11-13-15-16-17-18-19-20-21-22-23-24-25-26-27-28-29-30-31-32-33-34-35-36-37-38-39-40-41-42-43-44-46-48-50-52-54-56-64(77)73-60(61(76)55-53-51-49-47-45-14-12-10-8-6-4-2)59-83-71-69(82)67(80)70(63(58-75)85-71)86-72-68(81)66(79)65(78)62(57-74)84-72/h5,7-8,10-11,13,16-17,19-20,22-23,25-26,28-29,31-32,34-35,45,47,53,55,60-63,65-72,74-76,78-82H,3-4,6,9,12,14-15,18,21,24,27,30,33,36-44,46,48-52,54,56-59H2,1-2H3,(H,73,77)/b7-5-,10-8+,13-11-,17-16-,20-19-,23-22-,26-25-,29-28-,32-31-,35-34-,47-45+,55-53+. The number of allylic oxidation sites excluding steroid dienone is 23. The molecular weight excluding hydrogens is 1090 g/mol. The van der Waals surface area contributed by atoms with E-state index in [0.29, 0.717) is 12.8 Å². The van der Waals surface area contributed by atoms with Crippen LogP contribution >= 0.6 is 0 Å². The van der Waals surface area contributed by atoms with Crippen LogP contribution in [0.1, 0.15) is 206 Å². The molecule has 0 spiro atoms. The number of rotatable bonds is 51. The lowest BCUT2D eigenvalue weighted by atomic mass is 9.97. The van der Waals surface area contributed by atoms with E-state index in [-0.39, 0.29) is 18.9 Å². The van der Waals surface area contributed by atoms with Gasteiger partial charge in [0.2, 0.25) is 5.91 Å². The number of nitrogens with one attached hydrogen (secondary N) is 1. The van der Waals surface area contributed by atoms with Crippen molar-refractivity contribution >= 4 is 5.91 Å². The zero-order valence-electron chi connectivity index (χ0n) is 52.7. The number of carbonyl (C=O) groups excluding carboxylic acids is 1. The van der Waals surface area contributed by atoms with E-state index in [1.807, 2.05) is 6.08 Å². The summed E-state index contributed by atoms with van der Waals surface area (Å²) in [5, 5.41) is 87.0. The molecule has 14 heteroatoms. The second kappa shape index (κ2) is 55.0. The van der Waals surface area contributed by atoms with Gasteiger partial charge in [0.1, 0.15) is 48.8 Å².